The molecule has 2 aromatic carbocycles. The van der Waals surface area contributed by atoms with Gasteiger partial charge in [-0.1, -0.05) is 13.0 Å². The van der Waals surface area contributed by atoms with Crippen molar-refractivity contribution in [1.82, 2.24) is 5.32 Å². The molecule has 0 aliphatic rings. The lowest BCUT2D eigenvalue weighted by Gasteiger charge is -2.21. The maximum atomic E-state index is 14.1. The molecule has 1 atom stereocenters. The SMILES string of the molecule is CCNC(c1cc(F)c(C)cc1F)c1c(F)cccc1F. The van der Waals surface area contributed by atoms with Crippen LogP contribution in [-0.4, -0.2) is 6.54 Å². The molecular formula is C16H15F4N. The van der Waals surface area contributed by atoms with Gasteiger partial charge in [0.1, 0.15) is 23.3 Å². The zero-order valence-corrected chi connectivity index (χ0v) is 11.7. The molecule has 0 aliphatic heterocycles. The van der Waals surface area contributed by atoms with Gasteiger partial charge in [-0.15, -0.1) is 0 Å². The summed E-state index contributed by atoms with van der Waals surface area (Å²) in [6.45, 7) is 3.48. The van der Waals surface area contributed by atoms with Crippen molar-refractivity contribution < 1.29 is 17.6 Å². The Balaban J connectivity index is 2.62. The first kappa shape index (κ1) is 15.5. The summed E-state index contributed by atoms with van der Waals surface area (Å²) >= 11 is 0. The van der Waals surface area contributed by atoms with Crippen LogP contribution in [0.25, 0.3) is 0 Å². The molecule has 1 unspecified atom stereocenters. The number of hydrogen-bond donors (Lipinski definition) is 1. The summed E-state index contributed by atoms with van der Waals surface area (Å²) in [5.41, 5.74) is -0.300. The van der Waals surface area contributed by atoms with E-state index in [1.54, 1.807) is 6.92 Å². The molecule has 0 saturated carbocycles. The smallest absolute Gasteiger partial charge is 0.131 e. The molecule has 0 spiro atoms. The number of nitrogens with one attached hydrogen (secondary N) is 1. The van der Waals surface area contributed by atoms with Crippen LogP contribution in [0.2, 0.25) is 0 Å². The zero-order chi connectivity index (χ0) is 15.6. The van der Waals surface area contributed by atoms with Gasteiger partial charge in [-0.05, 0) is 43.3 Å². The van der Waals surface area contributed by atoms with Crippen molar-refractivity contribution in [2.75, 3.05) is 6.54 Å². The third-order valence-electron chi connectivity index (χ3n) is 3.29. The minimum Gasteiger partial charge on any atom is -0.306 e. The predicted molar refractivity (Wildman–Crippen MR) is 73.0 cm³/mol. The van der Waals surface area contributed by atoms with Gasteiger partial charge in [0, 0.05) is 11.1 Å². The number of benzene rings is 2. The highest BCUT2D eigenvalue weighted by Gasteiger charge is 2.24. The Bertz CT molecular complexity index is 635. The first-order valence-electron chi connectivity index (χ1n) is 6.58. The highest BCUT2D eigenvalue weighted by atomic mass is 19.1. The average molecular weight is 297 g/mol. The van der Waals surface area contributed by atoms with Crippen LogP contribution >= 0.6 is 0 Å². The molecule has 0 fully saturated rings. The summed E-state index contributed by atoms with van der Waals surface area (Å²) in [6.07, 6.45) is 0. The molecule has 2 rings (SSSR count). The monoisotopic (exact) mass is 297 g/mol. The quantitative estimate of drug-likeness (QED) is 0.832. The summed E-state index contributed by atoms with van der Waals surface area (Å²) in [5.74, 6) is -2.93. The van der Waals surface area contributed by atoms with Crippen molar-refractivity contribution in [3.8, 4) is 0 Å². The van der Waals surface area contributed by atoms with Crippen molar-refractivity contribution in [3.05, 3.63) is 70.3 Å². The highest BCUT2D eigenvalue weighted by Crippen LogP contribution is 2.30. The topological polar surface area (TPSA) is 12.0 Å². The molecule has 0 radical (unpaired) electrons. The first-order chi connectivity index (χ1) is 9.95. The van der Waals surface area contributed by atoms with E-state index < -0.39 is 29.3 Å². The van der Waals surface area contributed by atoms with Crippen molar-refractivity contribution >= 4 is 0 Å². The largest absolute Gasteiger partial charge is 0.306 e. The Morgan fingerprint density at radius 2 is 1.57 bits per heavy atom. The van der Waals surface area contributed by atoms with Crippen LogP contribution in [0.4, 0.5) is 17.6 Å². The van der Waals surface area contributed by atoms with E-state index in [0.29, 0.717) is 6.54 Å². The molecule has 0 aromatic heterocycles. The van der Waals surface area contributed by atoms with E-state index in [-0.39, 0.29) is 16.7 Å². The standard InChI is InChI=1S/C16H15F4N/c1-3-21-16(15-11(17)5-4-6-12(15)18)10-8-13(19)9(2)7-14(10)20/h4-8,16,21H,3H2,1-2H3. The van der Waals surface area contributed by atoms with E-state index >= 15 is 0 Å². The number of aryl methyl sites for hydroxylation is 1. The molecular weight excluding hydrogens is 282 g/mol. The fraction of sp³-hybridized carbons (Fsp3) is 0.250. The van der Waals surface area contributed by atoms with E-state index in [1.165, 1.54) is 13.0 Å². The van der Waals surface area contributed by atoms with Crippen LogP contribution in [0.15, 0.2) is 30.3 Å². The van der Waals surface area contributed by atoms with E-state index in [0.717, 1.165) is 24.3 Å². The van der Waals surface area contributed by atoms with E-state index in [9.17, 15) is 17.6 Å². The molecule has 0 amide bonds. The van der Waals surface area contributed by atoms with Gasteiger partial charge in [0.05, 0.1) is 6.04 Å². The van der Waals surface area contributed by atoms with Crippen molar-refractivity contribution in [2.45, 2.75) is 19.9 Å². The third-order valence-corrected chi connectivity index (χ3v) is 3.29. The van der Waals surface area contributed by atoms with Gasteiger partial charge in [-0.3, -0.25) is 0 Å². The number of halogens is 4. The number of hydrogen-bond acceptors (Lipinski definition) is 1. The lowest BCUT2D eigenvalue weighted by atomic mass is 9.96. The molecule has 0 saturated heterocycles. The van der Waals surface area contributed by atoms with Crippen molar-refractivity contribution in [1.29, 1.82) is 0 Å². The van der Waals surface area contributed by atoms with Crippen LogP contribution in [0.5, 0.6) is 0 Å². The second-order valence-electron chi connectivity index (χ2n) is 4.75. The van der Waals surface area contributed by atoms with Crippen LogP contribution in [0, 0.1) is 30.2 Å². The van der Waals surface area contributed by atoms with Gasteiger partial charge in [-0.2, -0.15) is 0 Å². The molecule has 1 nitrogen and oxygen atoms in total. The van der Waals surface area contributed by atoms with Crippen molar-refractivity contribution in [2.24, 2.45) is 0 Å². The summed E-state index contributed by atoms with van der Waals surface area (Å²) in [7, 11) is 0. The van der Waals surface area contributed by atoms with Gasteiger partial charge in [-0.25, -0.2) is 17.6 Å². The molecule has 1 N–H and O–H groups in total. The van der Waals surface area contributed by atoms with Gasteiger partial charge in [0.2, 0.25) is 0 Å². The van der Waals surface area contributed by atoms with E-state index in [4.69, 9.17) is 0 Å². The lowest BCUT2D eigenvalue weighted by Crippen LogP contribution is -2.25. The molecule has 112 valence electrons. The third kappa shape index (κ3) is 3.08. The fourth-order valence-electron chi connectivity index (χ4n) is 2.24. The minimum atomic E-state index is -1.09. The Morgan fingerprint density at radius 3 is 2.14 bits per heavy atom. The molecule has 0 bridgehead atoms. The molecule has 21 heavy (non-hydrogen) atoms. The Labute approximate surface area is 120 Å². The minimum absolute atomic E-state index is 0.121. The summed E-state index contributed by atoms with van der Waals surface area (Å²) in [5, 5.41) is 2.80. The van der Waals surface area contributed by atoms with Crippen LogP contribution < -0.4 is 5.32 Å². The first-order valence-corrected chi connectivity index (χ1v) is 6.58. The van der Waals surface area contributed by atoms with Crippen molar-refractivity contribution in [3.63, 3.8) is 0 Å². The second-order valence-corrected chi connectivity index (χ2v) is 4.75. The highest BCUT2D eigenvalue weighted by molar-refractivity contribution is 5.36. The summed E-state index contributed by atoms with van der Waals surface area (Å²) < 4.78 is 55.6. The Hall–Kier alpha value is -1.88. The second kappa shape index (κ2) is 6.26. The maximum absolute atomic E-state index is 14.1. The van der Waals surface area contributed by atoms with Gasteiger partial charge in [0.15, 0.2) is 0 Å². The van der Waals surface area contributed by atoms with Gasteiger partial charge >= 0.3 is 0 Å². The number of rotatable bonds is 4. The van der Waals surface area contributed by atoms with Crippen LogP contribution in [0.1, 0.15) is 29.7 Å². The maximum Gasteiger partial charge on any atom is 0.131 e. The molecule has 0 heterocycles. The molecule has 2 aromatic rings. The molecule has 0 aliphatic carbocycles. The van der Waals surface area contributed by atoms with Crippen LogP contribution in [-0.2, 0) is 0 Å². The molecule has 5 heteroatoms. The summed E-state index contributed by atoms with van der Waals surface area (Å²) in [6, 6.07) is 4.31. The van der Waals surface area contributed by atoms with E-state index in [2.05, 4.69) is 5.32 Å². The zero-order valence-electron chi connectivity index (χ0n) is 11.7. The fourth-order valence-corrected chi connectivity index (χ4v) is 2.24. The predicted octanol–water partition coefficient (Wildman–Crippen LogP) is 4.25. The summed E-state index contributed by atoms with van der Waals surface area (Å²) in [4.78, 5) is 0. The average Bonchev–Trinajstić information content (AvgIpc) is 2.42. The Morgan fingerprint density at radius 1 is 0.952 bits per heavy atom. The lowest BCUT2D eigenvalue weighted by molar-refractivity contribution is 0.490. The van der Waals surface area contributed by atoms with Gasteiger partial charge < -0.3 is 5.32 Å². The van der Waals surface area contributed by atoms with Crippen LogP contribution in [0.3, 0.4) is 0 Å². The van der Waals surface area contributed by atoms with Gasteiger partial charge in [0.25, 0.3) is 0 Å². The normalized spacial score (nSPS) is 12.5. The Kier molecular flexibility index (Phi) is 4.63. The van der Waals surface area contributed by atoms with E-state index in [1.807, 2.05) is 0 Å².